The van der Waals surface area contributed by atoms with Crippen LogP contribution in [0.1, 0.15) is 23.2 Å². The lowest BCUT2D eigenvalue weighted by atomic mass is 10.1. The van der Waals surface area contributed by atoms with Gasteiger partial charge < -0.3 is 15.6 Å². The number of hydrogen-bond acceptors (Lipinski definition) is 5. The predicted molar refractivity (Wildman–Crippen MR) is 77.9 cm³/mol. The van der Waals surface area contributed by atoms with Crippen LogP contribution in [0.4, 0.5) is 4.79 Å². The van der Waals surface area contributed by atoms with Crippen LogP contribution in [0.2, 0.25) is 0 Å². The van der Waals surface area contributed by atoms with Crippen molar-refractivity contribution in [2.75, 3.05) is 6.61 Å². The first kappa shape index (κ1) is 14.1. The molecule has 7 heteroatoms. The number of nitrogens with two attached hydrogens (primary N) is 1. The Bertz CT molecular complexity index is 836. The molecule has 0 bridgehead atoms. The summed E-state index contributed by atoms with van der Waals surface area (Å²) >= 11 is 0. The lowest BCUT2D eigenvalue weighted by molar-refractivity contribution is 0.0480. The Morgan fingerprint density at radius 2 is 2.00 bits per heavy atom. The van der Waals surface area contributed by atoms with E-state index in [0.717, 1.165) is 12.8 Å². The first-order chi connectivity index (χ1) is 10.5. The maximum atomic E-state index is 12.3. The standard InChI is InChI=1S/C15H14N2O5/c16-15(21)17-10-4-2-1-3-9(10)12(18)11(13(17)19)14(20)22-7-8-5-6-8/h1-4,8,18H,5-7H2,(H2,16,21). The largest absolute Gasteiger partial charge is 0.506 e. The Labute approximate surface area is 124 Å². The zero-order valence-corrected chi connectivity index (χ0v) is 11.6. The molecule has 0 unspecified atom stereocenters. The number of nitrogens with zero attached hydrogens (tertiary/aromatic N) is 1. The fraction of sp³-hybridized carbons (Fsp3) is 0.267. The van der Waals surface area contributed by atoms with Gasteiger partial charge in [-0.1, -0.05) is 12.1 Å². The number of esters is 1. The number of fused-ring (bicyclic) bond motifs is 1. The summed E-state index contributed by atoms with van der Waals surface area (Å²) in [4.78, 5) is 36.0. The second kappa shape index (κ2) is 5.18. The third kappa shape index (κ3) is 2.30. The summed E-state index contributed by atoms with van der Waals surface area (Å²) in [6.07, 6.45) is 1.95. The first-order valence-electron chi connectivity index (χ1n) is 6.84. The molecule has 1 aliphatic rings. The van der Waals surface area contributed by atoms with Crippen molar-refractivity contribution in [3.8, 4) is 5.75 Å². The average Bonchev–Trinajstić information content (AvgIpc) is 3.29. The summed E-state index contributed by atoms with van der Waals surface area (Å²) in [6, 6.07) is 5.11. The summed E-state index contributed by atoms with van der Waals surface area (Å²) in [5, 5.41) is 10.4. The fourth-order valence-electron chi connectivity index (χ4n) is 2.28. The van der Waals surface area contributed by atoms with E-state index in [-0.39, 0.29) is 17.5 Å². The van der Waals surface area contributed by atoms with Crippen molar-refractivity contribution in [3.05, 3.63) is 40.2 Å². The van der Waals surface area contributed by atoms with Crippen LogP contribution < -0.4 is 11.3 Å². The molecule has 0 atom stereocenters. The van der Waals surface area contributed by atoms with Gasteiger partial charge in [0.25, 0.3) is 5.56 Å². The minimum absolute atomic E-state index is 0.135. The summed E-state index contributed by atoms with van der Waals surface area (Å²) in [6.45, 7) is 0.196. The van der Waals surface area contributed by atoms with Gasteiger partial charge in [-0.3, -0.25) is 4.79 Å². The van der Waals surface area contributed by atoms with E-state index in [4.69, 9.17) is 10.5 Å². The molecule has 3 rings (SSSR count). The van der Waals surface area contributed by atoms with Crippen LogP contribution in [-0.4, -0.2) is 28.3 Å². The van der Waals surface area contributed by atoms with E-state index in [1.807, 2.05) is 0 Å². The molecule has 1 aliphatic carbocycles. The number of para-hydroxylation sites is 1. The number of primary amides is 1. The number of amides is 1. The van der Waals surface area contributed by atoms with Crippen molar-refractivity contribution in [2.45, 2.75) is 12.8 Å². The smallest absolute Gasteiger partial charge is 0.347 e. The Kier molecular flexibility index (Phi) is 3.32. The van der Waals surface area contributed by atoms with Gasteiger partial charge >= 0.3 is 12.0 Å². The Morgan fingerprint density at radius 1 is 1.32 bits per heavy atom. The number of carbonyl (C=O) groups excluding carboxylic acids is 2. The molecule has 22 heavy (non-hydrogen) atoms. The van der Waals surface area contributed by atoms with Gasteiger partial charge in [-0.05, 0) is 30.9 Å². The highest BCUT2D eigenvalue weighted by Gasteiger charge is 2.28. The molecule has 1 aromatic carbocycles. The summed E-state index contributed by atoms with van der Waals surface area (Å²) in [5.74, 6) is -1.14. The van der Waals surface area contributed by atoms with Gasteiger partial charge in [-0.2, -0.15) is 0 Å². The normalized spacial score (nSPS) is 14.0. The molecule has 1 fully saturated rings. The maximum absolute atomic E-state index is 12.3. The number of aromatic nitrogens is 1. The molecule has 0 spiro atoms. The molecular weight excluding hydrogens is 288 g/mol. The minimum Gasteiger partial charge on any atom is -0.506 e. The topological polar surface area (TPSA) is 112 Å². The number of hydrogen-bond donors (Lipinski definition) is 2. The van der Waals surface area contributed by atoms with Crippen molar-refractivity contribution in [3.63, 3.8) is 0 Å². The summed E-state index contributed by atoms with van der Waals surface area (Å²) in [5.41, 5.74) is 3.80. The molecule has 2 aromatic rings. The summed E-state index contributed by atoms with van der Waals surface area (Å²) < 4.78 is 5.69. The fourth-order valence-corrected chi connectivity index (χ4v) is 2.28. The van der Waals surface area contributed by atoms with Gasteiger partial charge in [-0.15, -0.1) is 0 Å². The van der Waals surface area contributed by atoms with E-state index < -0.39 is 28.9 Å². The van der Waals surface area contributed by atoms with Gasteiger partial charge in [0.2, 0.25) is 0 Å². The molecule has 114 valence electrons. The number of pyridine rings is 1. The highest BCUT2D eigenvalue weighted by Crippen LogP contribution is 2.30. The molecule has 1 heterocycles. The van der Waals surface area contributed by atoms with Crippen LogP contribution in [0.3, 0.4) is 0 Å². The van der Waals surface area contributed by atoms with Crippen molar-refractivity contribution < 1.29 is 19.4 Å². The van der Waals surface area contributed by atoms with Crippen LogP contribution in [0, 0.1) is 5.92 Å². The maximum Gasteiger partial charge on any atom is 0.347 e. The van der Waals surface area contributed by atoms with Crippen LogP contribution in [0.25, 0.3) is 10.9 Å². The predicted octanol–water partition coefficient (Wildman–Crippen LogP) is 1.20. The van der Waals surface area contributed by atoms with Gasteiger partial charge in [0.15, 0.2) is 5.56 Å². The molecule has 0 radical (unpaired) electrons. The van der Waals surface area contributed by atoms with Gasteiger partial charge in [0.05, 0.1) is 12.1 Å². The second-order valence-electron chi connectivity index (χ2n) is 5.26. The lowest BCUT2D eigenvalue weighted by Gasteiger charge is -2.12. The van der Waals surface area contributed by atoms with Gasteiger partial charge in [0.1, 0.15) is 5.75 Å². The first-order valence-corrected chi connectivity index (χ1v) is 6.84. The number of rotatable bonds is 3. The van der Waals surface area contributed by atoms with Crippen molar-refractivity contribution in [1.82, 2.24) is 4.57 Å². The van der Waals surface area contributed by atoms with Gasteiger partial charge in [-0.25, -0.2) is 14.2 Å². The molecule has 1 saturated carbocycles. The molecular formula is C15H14N2O5. The Balaban J connectivity index is 2.18. The number of carbonyl (C=O) groups is 2. The third-order valence-corrected chi connectivity index (χ3v) is 3.63. The lowest BCUT2D eigenvalue weighted by Crippen LogP contribution is -2.35. The van der Waals surface area contributed by atoms with Crippen LogP contribution in [-0.2, 0) is 4.74 Å². The molecule has 7 nitrogen and oxygen atoms in total. The quantitative estimate of drug-likeness (QED) is 0.827. The Morgan fingerprint density at radius 3 is 2.64 bits per heavy atom. The van der Waals surface area contributed by atoms with Crippen molar-refractivity contribution in [1.29, 1.82) is 0 Å². The van der Waals surface area contributed by atoms with Crippen molar-refractivity contribution >= 4 is 22.9 Å². The molecule has 3 N–H and O–H groups in total. The number of benzene rings is 1. The van der Waals surface area contributed by atoms with Crippen molar-refractivity contribution in [2.24, 2.45) is 11.7 Å². The van der Waals surface area contributed by atoms with E-state index in [0.29, 0.717) is 10.5 Å². The average molecular weight is 302 g/mol. The van der Waals surface area contributed by atoms with Crippen LogP contribution in [0.5, 0.6) is 5.75 Å². The van der Waals surface area contributed by atoms with E-state index in [9.17, 15) is 19.5 Å². The second-order valence-corrected chi connectivity index (χ2v) is 5.26. The zero-order chi connectivity index (χ0) is 15.9. The monoisotopic (exact) mass is 302 g/mol. The summed E-state index contributed by atoms with van der Waals surface area (Å²) in [7, 11) is 0. The van der Waals surface area contributed by atoms with E-state index >= 15 is 0 Å². The molecule has 0 aliphatic heterocycles. The SMILES string of the molecule is NC(=O)n1c(=O)c(C(=O)OCC2CC2)c(O)c2ccccc21. The highest BCUT2D eigenvalue weighted by atomic mass is 16.5. The van der Waals surface area contributed by atoms with Gasteiger partial charge in [0, 0.05) is 5.39 Å². The third-order valence-electron chi connectivity index (χ3n) is 3.63. The number of aromatic hydroxyl groups is 1. The molecule has 1 amide bonds. The molecule has 1 aromatic heterocycles. The Hall–Kier alpha value is -2.83. The number of ether oxygens (including phenoxy) is 1. The van der Waals surface area contributed by atoms with Crippen LogP contribution in [0.15, 0.2) is 29.1 Å². The van der Waals surface area contributed by atoms with E-state index in [1.54, 1.807) is 12.1 Å². The van der Waals surface area contributed by atoms with E-state index in [2.05, 4.69) is 0 Å². The molecule has 0 saturated heterocycles. The zero-order valence-electron chi connectivity index (χ0n) is 11.6. The minimum atomic E-state index is -1.03. The highest BCUT2D eigenvalue weighted by molar-refractivity contribution is 6.02. The van der Waals surface area contributed by atoms with E-state index in [1.165, 1.54) is 12.1 Å². The van der Waals surface area contributed by atoms with Crippen LogP contribution >= 0.6 is 0 Å².